The average Bonchev–Trinajstić information content (AvgIpc) is 2.30. The van der Waals surface area contributed by atoms with Gasteiger partial charge in [-0.25, -0.2) is 4.39 Å². The first-order chi connectivity index (χ1) is 7.66. The molecule has 0 aromatic heterocycles. The third-order valence-electron chi connectivity index (χ3n) is 2.45. The monoisotopic (exact) mass is 217 g/mol. The van der Waals surface area contributed by atoms with E-state index in [0.29, 0.717) is 0 Å². The Labute approximate surface area is 93.6 Å². The Morgan fingerprint density at radius 3 is 1.81 bits per heavy atom. The third-order valence-corrected chi connectivity index (χ3v) is 2.45. The number of hydrogen-bond acceptors (Lipinski definition) is 2. The molecule has 3 heteroatoms. The highest BCUT2D eigenvalue weighted by Crippen LogP contribution is 2.24. The van der Waals surface area contributed by atoms with E-state index in [1.807, 2.05) is 11.9 Å². The molecule has 0 radical (unpaired) electrons. The Bertz CT molecular complexity index is 419. The highest BCUT2D eigenvalue weighted by Gasteiger charge is 2.03. The molecule has 0 aliphatic heterocycles. The summed E-state index contributed by atoms with van der Waals surface area (Å²) in [4.78, 5) is 1.92. The molecule has 0 aliphatic rings. The van der Waals surface area contributed by atoms with E-state index in [9.17, 15) is 9.50 Å². The van der Waals surface area contributed by atoms with Crippen LogP contribution in [0.4, 0.5) is 15.8 Å². The number of anilines is 2. The molecule has 2 aromatic carbocycles. The van der Waals surface area contributed by atoms with Crippen molar-refractivity contribution in [2.24, 2.45) is 0 Å². The molecular weight excluding hydrogens is 205 g/mol. The van der Waals surface area contributed by atoms with Crippen LogP contribution in [0.2, 0.25) is 0 Å². The lowest BCUT2D eigenvalue weighted by Gasteiger charge is -2.19. The molecular formula is C13H12FNO. The highest BCUT2D eigenvalue weighted by molar-refractivity contribution is 5.62. The van der Waals surface area contributed by atoms with Crippen molar-refractivity contribution in [2.45, 2.75) is 0 Å². The first kappa shape index (κ1) is 10.5. The Balaban J connectivity index is 2.28. The maximum atomic E-state index is 12.8. The van der Waals surface area contributed by atoms with Gasteiger partial charge in [-0.2, -0.15) is 0 Å². The van der Waals surface area contributed by atoms with Crippen molar-refractivity contribution < 1.29 is 9.50 Å². The lowest BCUT2D eigenvalue weighted by atomic mass is 10.2. The SMILES string of the molecule is CN(c1ccc(O)cc1)c1ccc(F)cc1. The quantitative estimate of drug-likeness (QED) is 0.834. The van der Waals surface area contributed by atoms with Crippen molar-refractivity contribution in [2.75, 3.05) is 11.9 Å². The topological polar surface area (TPSA) is 23.5 Å². The van der Waals surface area contributed by atoms with Crippen LogP contribution in [0, 0.1) is 5.82 Å². The summed E-state index contributed by atoms with van der Waals surface area (Å²) in [6.45, 7) is 0. The van der Waals surface area contributed by atoms with Crippen LogP contribution in [0.5, 0.6) is 5.75 Å². The summed E-state index contributed by atoms with van der Waals surface area (Å²) >= 11 is 0. The van der Waals surface area contributed by atoms with Crippen molar-refractivity contribution in [3.63, 3.8) is 0 Å². The van der Waals surface area contributed by atoms with Crippen LogP contribution in [0.15, 0.2) is 48.5 Å². The van der Waals surface area contributed by atoms with Crippen molar-refractivity contribution in [3.05, 3.63) is 54.3 Å². The Morgan fingerprint density at radius 2 is 1.31 bits per heavy atom. The molecule has 0 spiro atoms. The molecule has 1 N–H and O–H groups in total. The minimum atomic E-state index is -0.247. The summed E-state index contributed by atoms with van der Waals surface area (Å²) in [5, 5.41) is 9.18. The zero-order valence-electron chi connectivity index (χ0n) is 8.89. The van der Waals surface area contributed by atoms with Gasteiger partial charge in [-0.05, 0) is 48.5 Å². The zero-order valence-corrected chi connectivity index (χ0v) is 8.89. The fraction of sp³-hybridized carbons (Fsp3) is 0.0769. The van der Waals surface area contributed by atoms with Crippen molar-refractivity contribution in [3.8, 4) is 5.75 Å². The largest absolute Gasteiger partial charge is 0.508 e. The molecule has 0 saturated carbocycles. The second-order valence-electron chi connectivity index (χ2n) is 3.55. The van der Waals surface area contributed by atoms with Gasteiger partial charge in [0, 0.05) is 18.4 Å². The van der Waals surface area contributed by atoms with Crippen LogP contribution in [0.3, 0.4) is 0 Å². The van der Waals surface area contributed by atoms with Gasteiger partial charge in [-0.3, -0.25) is 0 Å². The third kappa shape index (κ3) is 2.14. The average molecular weight is 217 g/mol. The van der Waals surface area contributed by atoms with E-state index >= 15 is 0 Å². The molecule has 0 bridgehead atoms. The minimum absolute atomic E-state index is 0.233. The van der Waals surface area contributed by atoms with Crippen LogP contribution >= 0.6 is 0 Å². The summed E-state index contributed by atoms with van der Waals surface area (Å²) < 4.78 is 12.8. The van der Waals surface area contributed by atoms with Gasteiger partial charge in [-0.15, -0.1) is 0 Å². The highest BCUT2D eigenvalue weighted by atomic mass is 19.1. The number of phenols is 1. The van der Waals surface area contributed by atoms with Gasteiger partial charge in [0.05, 0.1) is 0 Å². The maximum absolute atomic E-state index is 12.8. The molecule has 0 unspecified atom stereocenters. The van der Waals surface area contributed by atoms with Crippen LogP contribution in [-0.4, -0.2) is 12.2 Å². The molecule has 0 atom stereocenters. The van der Waals surface area contributed by atoms with Gasteiger partial charge in [0.15, 0.2) is 0 Å². The summed E-state index contributed by atoms with van der Waals surface area (Å²) in [6.07, 6.45) is 0. The molecule has 0 saturated heterocycles. The van der Waals surface area contributed by atoms with E-state index in [1.165, 1.54) is 12.1 Å². The summed E-state index contributed by atoms with van der Waals surface area (Å²) in [5.41, 5.74) is 1.83. The Morgan fingerprint density at radius 1 is 0.875 bits per heavy atom. The fourth-order valence-electron chi connectivity index (χ4n) is 1.49. The number of nitrogens with zero attached hydrogens (tertiary/aromatic N) is 1. The fourth-order valence-corrected chi connectivity index (χ4v) is 1.49. The molecule has 2 rings (SSSR count). The predicted molar refractivity (Wildman–Crippen MR) is 62.6 cm³/mol. The van der Waals surface area contributed by atoms with E-state index in [1.54, 1.807) is 36.4 Å². The lowest BCUT2D eigenvalue weighted by Crippen LogP contribution is -2.08. The number of aromatic hydroxyl groups is 1. The number of phenolic OH excluding ortho intramolecular Hbond substituents is 1. The Kier molecular flexibility index (Phi) is 2.77. The predicted octanol–water partition coefficient (Wildman–Crippen LogP) is 3.30. The van der Waals surface area contributed by atoms with E-state index in [0.717, 1.165) is 11.4 Å². The first-order valence-electron chi connectivity index (χ1n) is 4.95. The smallest absolute Gasteiger partial charge is 0.123 e. The molecule has 0 amide bonds. The van der Waals surface area contributed by atoms with Gasteiger partial charge < -0.3 is 10.0 Å². The summed E-state index contributed by atoms with van der Waals surface area (Å²) in [5.74, 6) is -0.0147. The van der Waals surface area contributed by atoms with E-state index in [4.69, 9.17) is 0 Å². The zero-order chi connectivity index (χ0) is 11.5. The molecule has 0 aliphatic carbocycles. The van der Waals surface area contributed by atoms with Crippen molar-refractivity contribution in [1.29, 1.82) is 0 Å². The second kappa shape index (κ2) is 4.23. The Hall–Kier alpha value is -2.03. The van der Waals surface area contributed by atoms with E-state index < -0.39 is 0 Å². The number of halogens is 1. The lowest BCUT2D eigenvalue weighted by molar-refractivity contribution is 0.475. The van der Waals surface area contributed by atoms with Crippen molar-refractivity contribution >= 4 is 11.4 Å². The van der Waals surface area contributed by atoms with Gasteiger partial charge in [0.2, 0.25) is 0 Å². The molecule has 0 heterocycles. The van der Waals surface area contributed by atoms with Gasteiger partial charge in [0.25, 0.3) is 0 Å². The molecule has 16 heavy (non-hydrogen) atoms. The van der Waals surface area contributed by atoms with Gasteiger partial charge in [-0.1, -0.05) is 0 Å². The van der Waals surface area contributed by atoms with Crippen molar-refractivity contribution in [1.82, 2.24) is 0 Å². The van der Waals surface area contributed by atoms with Gasteiger partial charge >= 0.3 is 0 Å². The minimum Gasteiger partial charge on any atom is -0.508 e. The van der Waals surface area contributed by atoms with Crippen LogP contribution in [0.1, 0.15) is 0 Å². The van der Waals surface area contributed by atoms with Crippen LogP contribution in [-0.2, 0) is 0 Å². The number of hydrogen-bond donors (Lipinski definition) is 1. The maximum Gasteiger partial charge on any atom is 0.123 e. The summed E-state index contributed by atoms with van der Waals surface area (Å²) in [6, 6.07) is 13.1. The second-order valence-corrected chi connectivity index (χ2v) is 3.55. The summed E-state index contributed by atoms with van der Waals surface area (Å²) in [7, 11) is 1.89. The van der Waals surface area contributed by atoms with E-state index in [2.05, 4.69) is 0 Å². The number of benzene rings is 2. The number of rotatable bonds is 2. The molecule has 82 valence electrons. The first-order valence-corrected chi connectivity index (χ1v) is 4.95. The van der Waals surface area contributed by atoms with Gasteiger partial charge in [0.1, 0.15) is 11.6 Å². The van der Waals surface area contributed by atoms with E-state index in [-0.39, 0.29) is 11.6 Å². The molecule has 0 fully saturated rings. The van der Waals surface area contributed by atoms with Crippen LogP contribution in [0.25, 0.3) is 0 Å². The van der Waals surface area contributed by atoms with Crippen LogP contribution < -0.4 is 4.90 Å². The molecule has 2 aromatic rings. The molecule has 2 nitrogen and oxygen atoms in total. The standard InChI is InChI=1S/C13H12FNO/c1-15(11-4-2-10(14)3-5-11)12-6-8-13(16)9-7-12/h2-9,16H,1H3. The normalized spacial score (nSPS) is 10.1.